The van der Waals surface area contributed by atoms with Gasteiger partial charge >= 0.3 is 0 Å². The summed E-state index contributed by atoms with van der Waals surface area (Å²) in [6.45, 7) is 3.45. The van der Waals surface area contributed by atoms with E-state index in [0.29, 0.717) is 12.1 Å². The summed E-state index contributed by atoms with van der Waals surface area (Å²) in [4.78, 5) is 29.8. The lowest BCUT2D eigenvalue weighted by Gasteiger charge is -2.20. The first-order valence-corrected chi connectivity index (χ1v) is 10.0. The lowest BCUT2D eigenvalue weighted by atomic mass is 9.99. The smallest absolute Gasteiger partial charge is 0.258 e. The molecular weight excluding hydrogens is 380 g/mol. The highest BCUT2D eigenvalue weighted by Crippen LogP contribution is 2.19. The van der Waals surface area contributed by atoms with Crippen LogP contribution in [0, 0.1) is 12.8 Å². The number of nitrogens with zero attached hydrogens (tertiary/aromatic N) is 3. The van der Waals surface area contributed by atoms with Gasteiger partial charge in [0.05, 0.1) is 11.6 Å². The molecule has 1 aromatic heterocycles. The molecule has 1 unspecified atom stereocenters. The molecule has 154 valence electrons. The standard InChI is InChI=1S/C22H24N6O2/c1-15-8-5-6-12-18(15)20(30)25-22-26-21(24-19(29)16-9-7-13-23-14-16)27-28(22)17-10-3-2-4-11-17/h2-6,8,10-12,16,23H,7,9,13-14H2,1H3,(H2,24,25,26,27,29,30). The molecule has 8 heteroatoms. The van der Waals surface area contributed by atoms with E-state index in [2.05, 4.69) is 26.0 Å². The number of aryl methyl sites for hydroxylation is 1. The van der Waals surface area contributed by atoms with Crippen LogP contribution in [0.3, 0.4) is 0 Å². The monoisotopic (exact) mass is 404 g/mol. The molecule has 1 saturated heterocycles. The van der Waals surface area contributed by atoms with E-state index < -0.39 is 0 Å². The Hall–Kier alpha value is -3.52. The van der Waals surface area contributed by atoms with Crippen LogP contribution in [0.4, 0.5) is 11.9 Å². The van der Waals surface area contributed by atoms with Crippen molar-refractivity contribution in [2.75, 3.05) is 23.7 Å². The topological polar surface area (TPSA) is 101 Å². The SMILES string of the molecule is Cc1ccccc1C(=O)Nc1nc(NC(=O)C2CCCNC2)nn1-c1ccccc1. The molecule has 4 rings (SSSR count). The van der Waals surface area contributed by atoms with Crippen molar-refractivity contribution in [3.8, 4) is 5.69 Å². The van der Waals surface area contributed by atoms with Crippen molar-refractivity contribution in [1.29, 1.82) is 0 Å². The van der Waals surface area contributed by atoms with Gasteiger partial charge < -0.3 is 5.32 Å². The van der Waals surface area contributed by atoms with Crippen molar-refractivity contribution in [3.63, 3.8) is 0 Å². The average Bonchev–Trinajstić information content (AvgIpc) is 3.17. The summed E-state index contributed by atoms with van der Waals surface area (Å²) in [6, 6.07) is 16.7. The molecule has 3 aromatic rings. The fourth-order valence-corrected chi connectivity index (χ4v) is 3.48. The molecule has 0 radical (unpaired) electrons. The molecular formula is C22H24N6O2. The predicted octanol–water partition coefficient (Wildman–Crippen LogP) is 2.77. The van der Waals surface area contributed by atoms with E-state index in [9.17, 15) is 9.59 Å². The Kier molecular flexibility index (Phi) is 5.85. The van der Waals surface area contributed by atoms with Gasteiger partial charge in [0.15, 0.2) is 0 Å². The number of amides is 2. The molecule has 30 heavy (non-hydrogen) atoms. The summed E-state index contributed by atoms with van der Waals surface area (Å²) in [6.07, 6.45) is 1.79. The number of nitrogens with one attached hydrogen (secondary N) is 3. The van der Waals surface area contributed by atoms with Gasteiger partial charge in [-0.15, -0.1) is 5.10 Å². The molecule has 1 aliphatic rings. The van der Waals surface area contributed by atoms with E-state index in [4.69, 9.17) is 0 Å². The number of aromatic nitrogens is 3. The average molecular weight is 404 g/mol. The second-order valence-corrected chi connectivity index (χ2v) is 7.31. The molecule has 0 saturated carbocycles. The molecule has 0 aliphatic carbocycles. The minimum Gasteiger partial charge on any atom is -0.316 e. The van der Waals surface area contributed by atoms with Gasteiger partial charge in [-0.1, -0.05) is 36.4 Å². The Balaban J connectivity index is 1.60. The highest BCUT2D eigenvalue weighted by atomic mass is 16.2. The van der Waals surface area contributed by atoms with Crippen LogP contribution in [-0.4, -0.2) is 39.7 Å². The van der Waals surface area contributed by atoms with Crippen LogP contribution in [0.15, 0.2) is 54.6 Å². The second kappa shape index (κ2) is 8.87. The molecule has 1 aliphatic heterocycles. The lowest BCUT2D eigenvalue weighted by molar-refractivity contribution is -0.120. The van der Waals surface area contributed by atoms with Gasteiger partial charge in [-0.2, -0.15) is 9.67 Å². The normalized spacial score (nSPS) is 16.1. The summed E-state index contributed by atoms with van der Waals surface area (Å²) < 4.78 is 1.52. The Morgan fingerprint density at radius 3 is 2.57 bits per heavy atom. The summed E-state index contributed by atoms with van der Waals surface area (Å²) in [7, 11) is 0. The Morgan fingerprint density at radius 1 is 1.07 bits per heavy atom. The maximum absolute atomic E-state index is 12.8. The number of benzene rings is 2. The minimum atomic E-state index is -0.285. The Bertz CT molecular complexity index is 1040. The van der Waals surface area contributed by atoms with Gasteiger partial charge in [0, 0.05) is 12.1 Å². The zero-order valence-corrected chi connectivity index (χ0v) is 16.8. The highest BCUT2D eigenvalue weighted by Gasteiger charge is 2.23. The van der Waals surface area contributed by atoms with E-state index in [0.717, 1.165) is 30.6 Å². The highest BCUT2D eigenvalue weighted by molar-refractivity contribution is 6.04. The van der Waals surface area contributed by atoms with Crippen LogP contribution in [0.2, 0.25) is 0 Å². The number of hydrogen-bond acceptors (Lipinski definition) is 5. The van der Waals surface area contributed by atoms with Crippen molar-refractivity contribution >= 4 is 23.7 Å². The van der Waals surface area contributed by atoms with E-state index >= 15 is 0 Å². The number of anilines is 2. The van der Waals surface area contributed by atoms with Crippen LogP contribution >= 0.6 is 0 Å². The third kappa shape index (κ3) is 4.38. The Morgan fingerprint density at radius 2 is 1.83 bits per heavy atom. The fraction of sp³-hybridized carbons (Fsp3) is 0.273. The zero-order valence-electron chi connectivity index (χ0n) is 16.8. The van der Waals surface area contributed by atoms with Crippen LogP contribution < -0.4 is 16.0 Å². The predicted molar refractivity (Wildman–Crippen MR) is 115 cm³/mol. The van der Waals surface area contributed by atoms with Gasteiger partial charge in [-0.05, 0) is 50.1 Å². The van der Waals surface area contributed by atoms with Gasteiger partial charge in [0.25, 0.3) is 11.9 Å². The molecule has 3 N–H and O–H groups in total. The van der Waals surface area contributed by atoms with Gasteiger partial charge in [0.2, 0.25) is 11.9 Å². The van der Waals surface area contributed by atoms with Gasteiger partial charge in [0.1, 0.15) is 0 Å². The van der Waals surface area contributed by atoms with E-state index in [1.165, 1.54) is 4.68 Å². The van der Waals surface area contributed by atoms with Gasteiger partial charge in [-0.3, -0.25) is 20.2 Å². The molecule has 1 atom stereocenters. The van der Waals surface area contributed by atoms with Crippen LogP contribution in [0.25, 0.3) is 5.69 Å². The van der Waals surface area contributed by atoms with E-state index in [1.54, 1.807) is 6.07 Å². The first-order valence-electron chi connectivity index (χ1n) is 10.0. The zero-order chi connectivity index (χ0) is 20.9. The van der Waals surface area contributed by atoms with Crippen molar-refractivity contribution in [3.05, 3.63) is 65.7 Å². The maximum Gasteiger partial charge on any atom is 0.258 e. The van der Waals surface area contributed by atoms with Gasteiger partial charge in [-0.25, -0.2) is 0 Å². The summed E-state index contributed by atoms with van der Waals surface area (Å²) in [5.74, 6) is -0.121. The van der Waals surface area contributed by atoms with Crippen molar-refractivity contribution < 1.29 is 9.59 Å². The number of hydrogen-bond donors (Lipinski definition) is 3. The first-order chi connectivity index (χ1) is 14.6. The quantitative estimate of drug-likeness (QED) is 0.607. The number of carbonyl (C=O) groups excluding carboxylic acids is 2. The van der Waals surface area contributed by atoms with E-state index in [-0.39, 0.29) is 29.6 Å². The van der Waals surface area contributed by atoms with Crippen LogP contribution in [0.1, 0.15) is 28.8 Å². The maximum atomic E-state index is 12.8. The summed E-state index contributed by atoms with van der Waals surface area (Å²) in [5.41, 5.74) is 2.14. The number of para-hydroxylation sites is 1. The third-order valence-electron chi connectivity index (χ3n) is 5.13. The van der Waals surface area contributed by atoms with E-state index in [1.807, 2.05) is 55.5 Å². The minimum absolute atomic E-state index is 0.118. The van der Waals surface area contributed by atoms with Crippen molar-refractivity contribution in [2.45, 2.75) is 19.8 Å². The number of piperidine rings is 1. The first kappa shape index (κ1) is 19.8. The molecule has 2 heterocycles. The Labute approximate surface area is 174 Å². The summed E-state index contributed by atoms with van der Waals surface area (Å²) >= 11 is 0. The largest absolute Gasteiger partial charge is 0.316 e. The van der Waals surface area contributed by atoms with Crippen molar-refractivity contribution in [2.24, 2.45) is 5.92 Å². The molecule has 2 amide bonds. The van der Waals surface area contributed by atoms with Crippen molar-refractivity contribution in [1.82, 2.24) is 20.1 Å². The molecule has 2 aromatic carbocycles. The molecule has 0 spiro atoms. The lowest BCUT2D eigenvalue weighted by Crippen LogP contribution is -2.37. The fourth-order valence-electron chi connectivity index (χ4n) is 3.48. The van der Waals surface area contributed by atoms with Crippen LogP contribution in [0.5, 0.6) is 0 Å². The molecule has 1 fully saturated rings. The second-order valence-electron chi connectivity index (χ2n) is 7.31. The summed E-state index contributed by atoms with van der Waals surface area (Å²) in [5, 5.41) is 13.3. The molecule has 0 bridgehead atoms. The molecule has 8 nitrogen and oxygen atoms in total. The van der Waals surface area contributed by atoms with Crippen LogP contribution in [-0.2, 0) is 4.79 Å². The number of carbonyl (C=O) groups is 2. The number of rotatable bonds is 5. The third-order valence-corrected chi connectivity index (χ3v) is 5.13.